The fourth-order valence-corrected chi connectivity index (χ4v) is 3.14. The van der Waals surface area contributed by atoms with Gasteiger partial charge in [0.15, 0.2) is 0 Å². The standard InChI is InChI=1S/C15H22ClNO2/c1-11(18)12-5-6-14(13(16)9-12)17(2)10-15(19)7-3-4-8-15/h5-6,9,11,18-19H,3-4,7-8,10H2,1-2H3/t11-/m1/s1. The average Bonchev–Trinajstić information content (AvgIpc) is 2.75. The number of nitrogens with zero attached hydrogens (tertiary/aromatic N) is 1. The Morgan fingerprint density at radius 3 is 2.53 bits per heavy atom. The molecule has 1 aliphatic carbocycles. The van der Waals surface area contributed by atoms with E-state index in [1.54, 1.807) is 13.0 Å². The molecule has 0 bridgehead atoms. The van der Waals surface area contributed by atoms with Gasteiger partial charge < -0.3 is 15.1 Å². The molecule has 0 spiro atoms. The Morgan fingerprint density at radius 1 is 1.37 bits per heavy atom. The van der Waals surface area contributed by atoms with Crippen molar-refractivity contribution in [2.75, 3.05) is 18.5 Å². The summed E-state index contributed by atoms with van der Waals surface area (Å²) in [5.74, 6) is 0. The van der Waals surface area contributed by atoms with Crippen molar-refractivity contribution in [2.45, 2.75) is 44.3 Å². The first-order valence-electron chi connectivity index (χ1n) is 6.82. The fraction of sp³-hybridized carbons (Fsp3) is 0.600. The molecule has 1 fully saturated rings. The Labute approximate surface area is 119 Å². The van der Waals surface area contributed by atoms with Crippen LogP contribution in [0.4, 0.5) is 5.69 Å². The van der Waals surface area contributed by atoms with E-state index in [2.05, 4.69) is 0 Å². The normalized spacial score (nSPS) is 19.4. The van der Waals surface area contributed by atoms with Gasteiger partial charge in [-0.15, -0.1) is 0 Å². The molecule has 0 aliphatic heterocycles. The van der Waals surface area contributed by atoms with Crippen molar-refractivity contribution in [1.82, 2.24) is 0 Å². The zero-order chi connectivity index (χ0) is 14.0. The van der Waals surface area contributed by atoms with Crippen LogP contribution in [0.5, 0.6) is 0 Å². The average molecular weight is 284 g/mol. The molecule has 1 saturated carbocycles. The number of hydrogen-bond acceptors (Lipinski definition) is 3. The summed E-state index contributed by atoms with van der Waals surface area (Å²) in [4.78, 5) is 2.00. The van der Waals surface area contributed by atoms with E-state index in [1.165, 1.54) is 0 Å². The molecule has 19 heavy (non-hydrogen) atoms. The van der Waals surface area contributed by atoms with E-state index in [1.807, 2.05) is 24.1 Å². The minimum atomic E-state index is -0.582. The molecule has 0 saturated heterocycles. The van der Waals surface area contributed by atoms with E-state index in [0.29, 0.717) is 11.6 Å². The Balaban J connectivity index is 2.12. The lowest BCUT2D eigenvalue weighted by Gasteiger charge is -2.30. The van der Waals surface area contributed by atoms with E-state index in [0.717, 1.165) is 36.9 Å². The van der Waals surface area contributed by atoms with Gasteiger partial charge >= 0.3 is 0 Å². The van der Waals surface area contributed by atoms with Crippen molar-refractivity contribution in [2.24, 2.45) is 0 Å². The molecular formula is C15H22ClNO2. The SMILES string of the molecule is C[C@@H](O)c1ccc(N(C)CC2(O)CCCC2)c(Cl)c1. The van der Waals surface area contributed by atoms with Crippen molar-refractivity contribution in [1.29, 1.82) is 0 Å². The summed E-state index contributed by atoms with van der Waals surface area (Å²) in [6, 6.07) is 5.57. The van der Waals surface area contributed by atoms with Crippen molar-refractivity contribution in [3.63, 3.8) is 0 Å². The van der Waals surface area contributed by atoms with Gasteiger partial charge in [-0.05, 0) is 37.5 Å². The second kappa shape index (κ2) is 5.70. The van der Waals surface area contributed by atoms with Crippen LogP contribution >= 0.6 is 11.6 Å². The van der Waals surface area contributed by atoms with Crippen LogP contribution in [0.2, 0.25) is 5.02 Å². The Hall–Kier alpha value is -0.770. The summed E-state index contributed by atoms with van der Waals surface area (Å²) in [7, 11) is 1.94. The summed E-state index contributed by atoms with van der Waals surface area (Å²) in [6.07, 6.45) is 3.40. The second-order valence-electron chi connectivity index (χ2n) is 5.67. The third-order valence-corrected chi connectivity index (χ3v) is 4.23. The summed E-state index contributed by atoms with van der Waals surface area (Å²) in [5, 5.41) is 20.6. The highest BCUT2D eigenvalue weighted by Crippen LogP contribution is 2.34. The van der Waals surface area contributed by atoms with Gasteiger partial charge in [0, 0.05) is 13.6 Å². The van der Waals surface area contributed by atoms with Gasteiger partial charge in [0.1, 0.15) is 0 Å². The predicted molar refractivity (Wildman–Crippen MR) is 78.8 cm³/mol. The molecule has 4 heteroatoms. The first-order valence-corrected chi connectivity index (χ1v) is 7.20. The van der Waals surface area contributed by atoms with Crippen LogP contribution in [0.15, 0.2) is 18.2 Å². The van der Waals surface area contributed by atoms with E-state index in [-0.39, 0.29) is 0 Å². The first kappa shape index (κ1) is 14.6. The van der Waals surface area contributed by atoms with Crippen LogP contribution in [-0.2, 0) is 0 Å². The molecule has 1 aromatic carbocycles. The van der Waals surface area contributed by atoms with Crippen molar-refractivity contribution >= 4 is 17.3 Å². The van der Waals surface area contributed by atoms with Gasteiger partial charge in [-0.2, -0.15) is 0 Å². The summed E-state index contributed by atoms with van der Waals surface area (Å²) < 4.78 is 0. The van der Waals surface area contributed by atoms with E-state index in [4.69, 9.17) is 11.6 Å². The van der Waals surface area contributed by atoms with Gasteiger partial charge in [-0.1, -0.05) is 30.5 Å². The molecule has 2 rings (SSSR count). The van der Waals surface area contributed by atoms with Gasteiger partial charge in [-0.3, -0.25) is 0 Å². The summed E-state index contributed by atoms with van der Waals surface area (Å²) in [5.41, 5.74) is 1.12. The lowest BCUT2D eigenvalue weighted by molar-refractivity contribution is 0.0559. The van der Waals surface area contributed by atoms with Crippen LogP contribution in [-0.4, -0.2) is 29.4 Å². The third kappa shape index (κ3) is 3.41. The lowest BCUT2D eigenvalue weighted by Crippen LogP contribution is -2.39. The van der Waals surface area contributed by atoms with Crippen LogP contribution in [0.1, 0.15) is 44.3 Å². The highest BCUT2D eigenvalue weighted by atomic mass is 35.5. The van der Waals surface area contributed by atoms with Crippen LogP contribution in [0.25, 0.3) is 0 Å². The zero-order valence-corrected chi connectivity index (χ0v) is 12.3. The molecule has 1 atom stereocenters. The maximum absolute atomic E-state index is 10.4. The maximum atomic E-state index is 10.4. The Kier molecular flexibility index (Phi) is 4.39. The van der Waals surface area contributed by atoms with Crippen LogP contribution < -0.4 is 4.90 Å². The number of anilines is 1. The Bertz CT molecular complexity index is 442. The minimum absolute atomic E-state index is 0.518. The first-order chi connectivity index (χ1) is 8.91. The lowest BCUT2D eigenvalue weighted by atomic mass is 10.0. The van der Waals surface area contributed by atoms with Gasteiger partial charge in [0.2, 0.25) is 0 Å². The van der Waals surface area contributed by atoms with Crippen LogP contribution in [0.3, 0.4) is 0 Å². The Morgan fingerprint density at radius 2 is 2.00 bits per heavy atom. The molecule has 3 nitrogen and oxygen atoms in total. The molecule has 0 aromatic heterocycles. The minimum Gasteiger partial charge on any atom is -0.389 e. The zero-order valence-electron chi connectivity index (χ0n) is 11.6. The number of likely N-dealkylation sites (N-methyl/N-ethyl adjacent to an activating group) is 1. The number of benzene rings is 1. The highest BCUT2D eigenvalue weighted by Gasteiger charge is 2.32. The molecule has 106 valence electrons. The molecule has 0 amide bonds. The molecule has 0 unspecified atom stereocenters. The molecule has 0 radical (unpaired) electrons. The predicted octanol–water partition coefficient (Wildman–Crippen LogP) is 3.13. The summed E-state index contributed by atoms with van der Waals surface area (Å²) in [6.45, 7) is 2.32. The number of rotatable bonds is 4. The third-order valence-electron chi connectivity index (χ3n) is 3.93. The number of halogens is 1. The molecular weight excluding hydrogens is 262 g/mol. The largest absolute Gasteiger partial charge is 0.389 e. The van der Waals surface area contributed by atoms with Crippen LogP contribution in [0, 0.1) is 0 Å². The molecule has 1 aromatic rings. The van der Waals surface area contributed by atoms with E-state index < -0.39 is 11.7 Å². The monoisotopic (exact) mass is 283 g/mol. The number of hydrogen-bond donors (Lipinski definition) is 2. The molecule has 2 N–H and O–H groups in total. The van der Waals surface area contributed by atoms with Gasteiger partial charge in [0.05, 0.1) is 22.4 Å². The quantitative estimate of drug-likeness (QED) is 0.892. The smallest absolute Gasteiger partial charge is 0.0821 e. The number of aliphatic hydroxyl groups is 2. The van der Waals surface area contributed by atoms with Crippen molar-refractivity contribution in [3.05, 3.63) is 28.8 Å². The topological polar surface area (TPSA) is 43.7 Å². The van der Waals surface area contributed by atoms with Crippen molar-refractivity contribution in [3.8, 4) is 0 Å². The van der Waals surface area contributed by atoms with Crippen molar-refractivity contribution < 1.29 is 10.2 Å². The maximum Gasteiger partial charge on any atom is 0.0821 e. The molecule has 0 heterocycles. The van der Waals surface area contributed by atoms with Gasteiger partial charge in [0.25, 0.3) is 0 Å². The van der Waals surface area contributed by atoms with E-state index in [9.17, 15) is 10.2 Å². The summed E-state index contributed by atoms with van der Waals surface area (Å²) >= 11 is 6.26. The molecule has 1 aliphatic rings. The number of aliphatic hydroxyl groups excluding tert-OH is 1. The second-order valence-corrected chi connectivity index (χ2v) is 6.08. The van der Waals surface area contributed by atoms with Gasteiger partial charge in [-0.25, -0.2) is 0 Å². The van der Waals surface area contributed by atoms with E-state index >= 15 is 0 Å². The fourth-order valence-electron chi connectivity index (χ4n) is 2.81. The highest BCUT2D eigenvalue weighted by molar-refractivity contribution is 6.33.